The summed E-state index contributed by atoms with van der Waals surface area (Å²) >= 11 is 0. The summed E-state index contributed by atoms with van der Waals surface area (Å²) in [6.45, 7) is 2.53. The maximum atomic E-state index is 12.7. The van der Waals surface area contributed by atoms with E-state index in [9.17, 15) is 23.3 Å². The van der Waals surface area contributed by atoms with Gasteiger partial charge in [0.05, 0.1) is 10.5 Å². The summed E-state index contributed by atoms with van der Waals surface area (Å²) in [7, 11) is 1.65. The quantitative estimate of drug-likeness (QED) is 0.181. The summed E-state index contributed by atoms with van der Waals surface area (Å²) < 4.78 is 38.1. The molecule has 1 unspecified atom stereocenters. The third-order valence-corrected chi connectivity index (χ3v) is 5.11. The van der Waals surface area contributed by atoms with Crippen molar-refractivity contribution < 1.29 is 18.1 Å². The number of likely N-dealkylation sites (tertiary alicyclic amines) is 1. The molecule has 1 aliphatic heterocycles. The molecule has 0 aromatic heterocycles. The molecule has 0 radical (unpaired) electrons. The molecule has 1 atom stereocenters. The highest BCUT2D eigenvalue weighted by Crippen LogP contribution is 2.29. The van der Waals surface area contributed by atoms with E-state index < -0.39 is 16.7 Å². The maximum Gasteiger partial charge on any atom is 0.416 e. The van der Waals surface area contributed by atoms with Crippen molar-refractivity contribution in [2.24, 2.45) is 4.99 Å². The molecule has 32 heavy (non-hydrogen) atoms. The second-order valence-corrected chi connectivity index (χ2v) is 7.41. The molecule has 11 heteroatoms. The Morgan fingerprint density at radius 3 is 2.56 bits per heavy atom. The first-order valence-corrected chi connectivity index (χ1v) is 9.83. The number of guanidine groups is 1. The molecule has 0 bridgehead atoms. The molecule has 174 valence electrons. The number of nitrogens with one attached hydrogen (secondary N) is 2. The smallest absolute Gasteiger partial charge is 0.352 e. The minimum absolute atomic E-state index is 0. The maximum absolute atomic E-state index is 12.7. The molecule has 2 aromatic carbocycles. The van der Waals surface area contributed by atoms with E-state index in [0.717, 1.165) is 42.8 Å². The molecule has 2 aromatic rings. The van der Waals surface area contributed by atoms with E-state index in [-0.39, 0.29) is 35.7 Å². The Balaban J connectivity index is 0.00000363. The minimum atomic E-state index is -4.32. The molecule has 3 rings (SSSR count). The van der Waals surface area contributed by atoms with Crippen LogP contribution in [0.5, 0.6) is 0 Å². The van der Waals surface area contributed by atoms with Gasteiger partial charge in [-0.15, -0.1) is 24.0 Å². The van der Waals surface area contributed by atoms with Crippen molar-refractivity contribution in [3.05, 3.63) is 75.3 Å². The Bertz CT molecular complexity index is 938. The lowest BCUT2D eigenvalue weighted by Crippen LogP contribution is -2.44. The van der Waals surface area contributed by atoms with Crippen LogP contribution in [0.1, 0.15) is 23.1 Å². The van der Waals surface area contributed by atoms with Crippen molar-refractivity contribution in [2.75, 3.05) is 20.1 Å². The fourth-order valence-corrected chi connectivity index (χ4v) is 3.51. The van der Waals surface area contributed by atoms with E-state index in [0.29, 0.717) is 19.0 Å². The zero-order valence-corrected chi connectivity index (χ0v) is 19.8. The predicted molar refractivity (Wildman–Crippen MR) is 127 cm³/mol. The first-order valence-electron chi connectivity index (χ1n) is 9.83. The summed E-state index contributed by atoms with van der Waals surface area (Å²) in [5, 5.41) is 17.4. The van der Waals surface area contributed by atoms with E-state index in [2.05, 4.69) is 20.5 Å². The molecular weight excluding hydrogens is 538 g/mol. The number of aliphatic imine (C=N–C) groups is 1. The van der Waals surface area contributed by atoms with E-state index in [1.54, 1.807) is 19.2 Å². The lowest BCUT2D eigenvalue weighted by atomic mass is 10.1. The van der Waals surface area contributed by atoms with Gasteiger partial charge in [-0.05, 0) is 29.7 Å². The third kappa shape index (κ3) is 7.33. The summed E-state index contributed by atoms with van der Waals surface area (Å²) in [5.41, 5.74) is 1.00. The molecule has 2 N–H and O–H groups in total. The molecule has 0 spiro atoms. The Morgan fingerprint density at radius 2 is 1.94 bits per heavy atom. The molecule has 7 nitrogen and oxygen atoms in total. The van der Waals surface area contributed by atoms with Gasteiger partial charge in [-0.1, -0.05) is 24.3 Å². The molecule has 1 fully saturated rings. The molecule has 1 heterocycles. The monoisotopic (exact) mass is 563 g/mol. The van der Waals surface area contributed by atoms with Crippen LogP contribution in [0.25, 0.3) is 0 Å². The number of non-ortho nitro benzene ring substituents is 1. The summed E-state index contributed by atoms with van der Waals surface area (Å²) in [6, 6.07) is 11.8. The van der Waals surface area contributed by atoms with Crippen LogP contribution in [0.2, 0.25) is 0 Å². The van der Waals surface area contributed by atoms with E-state index >= 15 is 0 Å². The van der Waals surface area contributed by atoms with Gasteiger partial charge in [0.25, 0.3) is 5.69 Å². The van der Waals surface area contributed by atoms with E-state index in [4.69, 9.17) is 0 Å². The zero-order chi connectivity index (χ0) is 22.4. The standard InChI is InChI=1S/C21H24F3N5O2.HI/c1-25-20(26-12-16-3-2-4-19(11-16)29(30)31)27-18-9-10-28(14-18)13-15-5-7-17(8-6-15)21(22,23)24;/h2-8,11,18H,9-10,12-14H2,1H3,(H2,25,26,27);1H. The number of hydrogen-bond donors (Lipinski definition) is 2. The van der Waals surface area contributed by atoms with Crippen molar-refractivity contribution in [1.29, 1.82) is 0 Å². The topological polar surface area (TPSA) is 82.8 Å². The van der Waals surface area contributed by atoms with Crippen LogP contribution in [0.3, 0.4) is 0 Å². The van der Waals surface area contributed by atoms with Crippen molar-refractivity contribution >= 4 is 35.6 Å². The number of rotatable bonds is 6. The predicted octanol–water partition coefficient (Wildman–Crippen LogP) is 4.17. The Morgan fingerprint density at radius 1 is 1.22 bits per heavy atom. The average molecular weight is 563 g/mol. The highest BCUT2D eigenvalue weighted by Gasteiger charge is 2.30. The van der Waals surface area contributed by atoms with E-state index in [1.165, 1.54) is 24.3 Å². The normalized spacial score (nSPS) is 17.0. The van der Waals surface area contributed by atoms with Crippen molar-refractivity contribution in [3.63, 3.8) is 0 Å². The van der Waals surface area contributed by atoms with Crippen molar-refractivity contribution in [1.82, 2.24) is 15.5 Å². The number of nitrogens with zero attached hydrogens (tertiary/aromatic N) is 3. The number of nitro groups is 1. The van der Waals surface area contributed by atoms with Crippen molar-refractivity contribution in [2.45, 2.75) is 31.7 Å². The lowest BCUT2D eigenvalue weighted by molar-refractivity contribution is -0.384. The van der Waals surface area contributed by atoms with Gasteiger partial charge < -0.3 is 10.6 Å². The molecule has 1 saturated heterocycles. The summed E-state index contributed by atoms with van der Waals surface area (Å²) in [6.07, 6.45) is -3.45. The van der Waals surface area contributed by atoms with E-state index in [1.807, 2.05) is 0 Å². The van der Waals surface area contributed by atoms with Gasteiger partial charge in [0, 0.05) is 51.4 Å². The van der Waals surface area contributed by atoms with Gasteiger partial charge in [0.1, 0.15) is 0 Å². The molecule has 1 aliphatic rings. The Labute approximate surface area is 201 Å². The lowest BCUT2D eigenvalue weighted by Gasteiger charge is -2.19. The highest BCUT2D eigenvalue weighted by atomic mass is 127. The van der Waals surface area contributed by atoms with Crippen LogP contribution in [0, 0.1) is 10.1 Å². The van der Waals surface area contributed by atoms with Gasteiger partial charge in [0.15, 0.2) is 5.96 Å². The number of nitro benzene ring substituents is 1. The molecule has 0 amide bonds. The number of halogens is 4. The number of hydrogen-bond acceptors (Lipinski definition) is 4. The second kappa shape index (κ2) is 11.5. The van der Waals surface area contributed by atoms with Crippen LogP contribution in [-0.4, -0.2) is 42.0 Å². The van der Waals surface area contributed by atoms with Gasteiger partial charge in [-0.3, -0.25) is 20.0 Å². The van der Waals surface area contributed by atoms with Crippen LogP contribution < -0.4 is 10.6 Å². The van der Waals surface area contributed by atoms with Crippen LogP contribution >= 0.6 is 24.0 Å². The van der Waals surface area contributed by atoms with Gasteiger partial charge in [0.2, 0.25) is 0 Å². The Hall–Kier alpha value is -2.41. The summed E-state index contributed by atoms with van der Waals surface area (Å²) in [4.78, 5) is 16.8. The largest absolute Gasteiger partial charge is 0.416 e. The first-order chi connectivity index (χ1) is 14.7. The Kier molecular flexibility index (Phi) is 9.25. The first kappa shape index (κ1) is 25.8. The molecule has 0 aliphatic carbocycles. The van der Waals surface area contributed by atoms with Gasteiger partial charge >= 0.3 is 6.18 Å². The highest BCUT2D eigenvalue weighted by molar-refractivity contribution is 14.0. The number of benzene rings is 2. The molecule has 0 saturated carbocycles. The fourth-order valence-electron chi connectivity index (χ4n) is 3.51. The second-order valence-electron chi connectivity index (χ2n) is 7.41. The fraction of sp³-hybridized carbons (Fsp3) is 0.381. The minimum Gasteiger partial charge on any atom is -0.352 e. The van der Waals surface area contributed by atoms with Gasteiger partial charge in [-0.2, -0.15) is 13.2 Å². The van der Waals surface area contributed by atoms with Crippen LogP contribution in [0.15, 0.2) is 53.5 Å². The average Bonchev–Trinajstić information content (AvgIpc) is 3.17. The van der Waals surface area contributed by atoms with Crippen LogP contribution in [-0.2, 0) is 19.3 Å². The van der Waals surface area contributed by atoms with Crippen molar-refractivity contribution in [3.8, 4) is 0 Å². The van der Waals surface area contributed by atoms with Gasteiger partial charge in [-0.25, -0.2) is 0 Å². The van der Waals surface area contributed by atoms with Crippen LogP contribution in [0.4, 0.5) is 18.9 Å². The number of alkyl halides is 3. The summed E-state index contributed by atoms with van der Waals surface area (Å²) in [5.74, 6) is 0.591. The zero-order valence-electron chi connectivity index (χ0n) is 17.4. The molecular formula is C21H25F3IN5O2. The SMILES string of the molecule is CN=C(NCc1cccc([N+](=O)[O-])c1)NC1CCN(Cc2ccc(C(F)(F)F)cc2)C1.I. The third-order valence-electron chi connectivity index (χ3n) is 5.11.